The molecule has 100 valence electrons. The quantitative estimate of drug-likeness (QED) is 0.816. The maximum atomic E-state index is 12.0. The first kappa shape index (κ1) is 13.0. The Morgan fingerprint density at radius 1 is 1.39 bits per heavy atom. The van der Waals surface area contributed by atoms with Gasteiger partial charge in [-0.15, -0.1) is 5.10 Å². The van der Waals surface area contributed by atoms with Gasteiger partial charge < -0.3 is 9.47 Å². The van der Waals surface area contributed by atoms with Crippen LogP contribution in [-0.2, 0) is 9.47 Å². The Morgan fingerprint density at radius 3 is 2.78 bits per heavy atom. The first-order valence-corrected chi connectivity index (χ1v) is 6.23. The number of nitrogens with one attached hydrogen (secondary N) is 1. The van der Waals surface area contributed by atoms with Crippen LogP contribution in [0.1, 0.15) is 62.3 Å². The highest BCUT2D eigenvalue weighted by Gasteiger charge is 2.29. The van der Waals surface area contributed by atoms with Crippen LogP contribution in [0.4, 0.5) is 0 Å². The van der Waals surface area contributed by atoms with Gasteiger partial charge in [0.2, 0.25) is 0 Å². The molecule has 1 atom stereocenters. The third-order valence-corrected chi connectivity index (χ3v) is 2.65. The van der Waals surface area contributed by atoms with Crippen molar-refractivity contribution in [3.63, 3.8) is 0 Å². The Balaban J connectivity index is 2.14. The average molecular weight is 253 g/mol. The molecule has 6 heteroatoms. The number of H-pyrrole nitrogens is 1. The van der Waals surface area contributed by atoms with Crippen molar-refractivity contribution in [2.45, 2.75) is 51.7 Å². The molecule has 0 saturated carbocycles. The molecule has 0 aromatic carbocycles. The number of nitrogens with zero attached hydrogens (tertiary/aromatic N) is 2. The molecule has 1 aliphatic heterocycles. The lowest BCUT2D eigenvalue weighted by atomic mass is 10.0. The lowest BCUT2D eigenvalue weighted by molar-refractivity contribution is 0.000620. The van der Waals surface area contributed by atoms with Gasteiger partial charge in [0, 0.05) is 6.61 Å². The minimum absolute atomic E-state index is 0.153. The smallest absolute Gasteiger partial charge is 0.361 e. The van der Waals surface area contributed by atoms with E-state index in [4.69, 9.17) is 9.47 Å². The Labute approximate surface area is 106 Å². The summed E-state index contributed by atoms with van der Waals surface area (Å²) in [5.74, 6) is -0.458. The maximum Gasteiger partial charge on any atom is 0.361 e. The highest BCUT2D eigenvalue weighted by molar-refractivity contribution is 5.88. The van der Waals surface area contributed by atoms with E-state index >= 15 is 0 Å². The van der Waals surface area contributed by atoms with E-state index in [1.807, 2.05) is 20.8 Å². The Morgan fingerprint density at radius 2 is 2.17 bits per heavy atom. The van der Waals surface area contributed by atoms with Gasteiger partial charge in [0.25, 0.3) is 0 Å². The fourth-order valence-corrected chi connectivity index (χ4v) is 1.90. The molecule has 0 spiro atoms. The molecule has 2 rings (SSSR count). The van der Waals surface area contributed by atoms with Gasteiger partial charge in [0.05, 0.1) is 0 Å². The van der Waals surface area contributed by atoms with Crippen molar-refractivity contribution in [1.29, 1.82) is 0 Å². The van der Waals surface area contributed by atoms with Gasteiger partial charge in [0.1, 0.15) is 17.4 Å². The molecule has 1 fully saturated rings. The van der Waals surface area contributed by atoms with E-state index in [1.165, 1.54) is 0 Å². The lowest BCUT2D eigenvalue weighted by Crippen LogP contribution is -2.25. The molecule has 0 radical (unpaired) electrons. The van der Waals surface area contributed by atoms with Gasteiger partial charge in [0.15, 0.2) is 5.69 Å². The van der Waals surface area contributed by atoms with Gasteiger partial charge in [-0.1, -0.05) is 0 Å². The molecule has 0 bridgehead atoms. The van der Waals surface area contributed by atoms with E-state index in [-0.39, 0.29) is 11.8 Å². The number of carbonyl (C=O) groups is 1. The van der Waals surface area contributed by atoms with Gasteiger partial charge >= 0.3 is 5.97 Å². The van der Waals surface area contributed by atoms with Crippen LogP contribution in [0.3, 0.4) is 0 Å². The third kappa shape index (κ3) is 3.07. The molecule has 1 saturated heterocycles. The summed E-state index contributed by atoms with van der Waals surface area (Å²) in [6.45, 7) is 6.16. The monoisotopic (exact) mass is 253 g/mol. The van der Waals surface area contributed by atoms with E-state index in [9.17, 15) is 4.79 Å². The third-order valence-electron chi connectivity index (χ3n) is 2.65. The zero-order valence-corrected chi connectivity index (χ0v) is 11.0. The minimum Gasteiger partial charge on any atom is -0.455 e. The van der Waals surface area contributed by atoms with Gasteiger partial charge in [-0.25, -0.2) is 4.79 Å². The zero-order valence-electron chi connectivity index (χ0n) is 11.0. The molecular formula is C12H19N3O3. The van der Waals surface area contributed by atoms with E-state index in [1.54, 1.807) is 0 Å². The van der Waals surface area contributed by atoms with Crippen LogP contribution in [0.25, 0.3) is 0 Å². The van der Waals surface area contributed by atoms with E-state index in [0.717, 1.165) is 19.3 Å². The Hall–Kier alpha value is -1.43. The summed E-state index contributed by atoms with van der Waals surface area (Å²) in [6.07, 6.45) is 2.84. The average Bonchev–Trinajstić information content (AvgIpc) is 2.76. The molecule has 1 aromatic rings. The fourth-order valence-electron chi connectivity index (χ4n) is 1.90. The van der Waals surface area contributed by atoms with Gasteiger partial charge in [-0.05, 0) is 40.0 Å². The van der Waals surface area contributed by atoms with Gasteiger partial charge in [-0.2, -0.15) is 10.3 Å². The fraction of sp³-hybridized carbons (Fsp3) is 0.750. The molecule has 6 nitrogen and oxygen atoms in total. The topological polar surface area (TPSA) is 77.1 Å². The summed E-state index contributed by atoms with van der Waals surface area (Å²) in [5.41, 5.74) is 0.251. The highest BCUT2D eigenvalue weighted by atomic mass is 16.6. The van der Waals surface area contributed by atoms with Crippen molar-refractivity contribution in [1.82, 2.24) is 15.4 Å². The normalized spacial score (nSPS) is 20.7. The van der Waals surface area contributed by atoms with Crippen LogP contribution in [0.5, 0.6) is 0 Å². The summed E-state index contributed by atoms with van der Waals surface area (Å²) in [5, 5.41) is 10.4. The Bertz CT molecular complexity index is 416. The van der Waals surface area contributed by atoms with Crippen LogP contribution >= 0.6 is 0 Å². The molecule has 1 aliphatic rings. The van der Waals surface area contributed by atoms with Crippen LogP contribution in [-0.4, -0.2) is 33.6 Å². The van der Waals surface area contributed by atoms with Crippen molar-refractivity contribution in [3.8, 4) is 0 Å². The second kappa shape index (κ2) is 5.06. The van der Waals surface area contributed by atoms with Crippen LogP contribution in [0.15, 0.2) is 0 Å². The predicted molar refractivity (Wildman–Crippen MR) is 64.1 cm³/mol. The molecular weight excluding hydrogens is 234 g/mol. The number of carbonyl (C=O) groups excluding carboxylic acids is 1. The van der Waals surface area contributed by atoms with Crippen molar-refractivity contribution < 1.29 is 14.3 Å². The standard InChI is InChI=1S/C12H19N3O3/c1-12(2,3)18-11(16)10-9(13-15-14-10)8-6-4-5-7-17-8/h8H,4-7H2,1-3H3,(H,13,14,15). The summed E-state index contributed by atoms with van der Waals surface area (Å²) >= 11 is 0. The van der Waals surface area contributed by atoms with E-state index in [2.05, 4.69) is 15.4 Å². The number of ether oxygens (including phenoxy) is 2. The zero-order chi connectivity index (χ0) is 13.2. The molecule has 2 heterocycles. The maximum absolute atomic E-state index is 12.0. The summed E-state index contributed by atoms with van der Waals surface area (Å²) in [4.78, 5) is 12.0. The van der Waals surface area contributed by atoms with E-state index in [0.29, 0.717) is 12.3 Å². The molecule has 0 aliphatic carbocycles. The number of esters is 1. The second-order valence-electron chi connectivity index (χ2n) is 5.41. The molecule has 18 heavy (non-hydrogen) atoms. The van der Waals surface area contributed by atoms with Crippen molar-refractivity contribution in [3.05, 3.63) is 11.4 Å². The van der Waals surface area contributed by atoms with E-state index < -0.39 is 11.6 Å². The summed E-state index contributed by atoms with van der Waals surface area (Å²) in [6, 6.07) is 0. The first-order valence-electron chi connectivity index (χ1n) is 6.23. The van der Waals surface area contributed by atoms with Crippen molar-refractivity contribution >= 4 is 5.97 Å². The summed E-state index contributed by atoms with van der Waals surface area (Å²) < 4.78 is 10.9. The van der Waals surface area contributed by atoms with Crippen LogP contribution in [0.2, 0.25) is 0 Å². The SMILES string of the molecule is CC(C)(C)OC(=O)c1n[nH]nc1C1CCCCO1. The first-order chi connectivity index (χ1) is 8.47. The van der Waals surface area contributed by atoms with Crippen molar-refractivity contribution in [2.75, 3.05) is 6.61 Å². The second-order valence-corrected chi connectivity index (χ2v) is 5.41. The molecule has 1 aromatic heterocycles. The molecule has 0 amide bonds. The minimum atomic E-state index is -0.541. The largest absolute Gasteiger partial charge is 0.455 e. The number of rotatable bonds is 2. The highest BCUT2D eigenvalue weighted by Crippen LogP contribution is 2.28. The predicted octanol–water partition coefficient (Wildman–Crippen LogP) is 2.00. The van der Waals surface area contributed by atoms with Crippen molar-refractivity contribution in [2.24, 2.45) is 0 Å². The number of aromatic nitrogens is 3. The summed E-state index contributed by atoms with van der Waals surface area (Å²) in [7, 11) is 0. The van der Waals surface area contributed by atoms with Crippen LogP contribution < -0.4 is 0 Å². The van der Waals surface area contributed by atoms with Gasteiger partial charge in [-0.3, -0.25) is 0 Å². The number of hydrogen-bond acceptors (Lipinski definition) is 5. The number of aromatic amines is 1. The number of hydrogen-bond donors (Lipinski definition) is 1. The molecule has 1 unspecified atom stereocenters. The van der Waals surface area contributed by atoms with Crippen LogP contribution in [0, 0.1) is 0 Å². The Kier molecular flexibility index (Phi) is 3.65. The molecule has 1 N–H and O–H groups in total. The lowest BCUT2D eigenvalue weighted by Gasteiger charge is -2.22.